The summed E-state index contributed by atoms with van der Waals surface area (Å²) in [5, 5.41) is 72.2. The molecular weight excluding hydrogens is 600 g/mol. The van der Waals surface area contributed by atoms with Crippen molar-refractivity contribution >= 4 is 11.9 Å². The molecule has 0 amide bonds. The van der Waals surface area contributed by atoms with Gasteiger partial charge in [-0.2, -0.15) is 0 Å². The first-order valence-corrected chi connectivity index (χ1v) is 13.9. The fourth-order valence-electron chi connectivity index (χ4n) is 4.89. The normalized spacial score (nSPS) is 31.9. The monoisotopic (exact) mass is 638 g/mol. The van der Waals surface area contributed by atoms with Crippen molar-refractivity contribution < 1.29 is 73.7 Å². The van der Waals surface area contributed by atoms with Gasteiger partial charge in [0.15, 0.2) is 23.6 Å². The van der Waals surface area contributed by atoms with E-state index in [4.69, 9.17) is 33.2 Å². The van der Waals surface area contributed by atoms with Gasteiger partial charge in [0, 0.05) is 12.1 Å². The Morgan fingerprint density at radius 1 is 0.778 bits per heavy atom. The molecule has 2 aromatic carbocycles. The second-order valence-electron chi connectivity index (χ2n) is 10.5. The Hall–Kier alpha value is -3.51. The van der Waals surface area contributed by atoms with Crippen LogP contribution in [0.25, 0.3) is 6.08 Å². The number of carbonyl (C=O) groups is 1. The van der Waals surface area contributed by atoms with Crippen molar-refractivity contribution in [2.45, 2.75) is 68.3 Å². The lowest BCUT2D eigenvalue weighted by molar-refractivity contribution is -0.318. The van der Waals surface area contributed by atoms with Gasteiger partial charge in [-0.05, 0) is 30.7 Å². The maximum atomic E-state index is 13.0. The van der Waals surface area contributed by atoms with E-state index < -0.39 is 79.6 Å². The van der Waals surface area contributed by atoms with Gasteiger partial charge in [0.25, 0.3) is 0 Å². The Balaban J connectivity index is 1.47. The number of methoxy groups -OCH3 is 3. The van der Waals surface area contributed by atoms with Crippen molar-refractivity contribution in [2.24, 2.45) is 0 Å². The van der Waals surface area contributed by atoms with Crippen LogP contribution in [0.4, 0.5) is 0 Å². The molecule has 2 heterocycles. The standard InChI is InChI=1S/C30H38O15/c1-13-23(33)25(35)27(37)29(43-13)42-12-21-24(34)26(36)28(38)30(45-21)44-15-10-17(32)22(20(11-15)41-4)16(31)7-5-14-6-8-18(39-2)19(9-14)40-3/h5-11,13,21,23-30,32-38H,12H2,1-4H3. The Kier molecular flexibility index (Phi) is 11.2. The van der Waals surface area contributed by atoms with Gasteiger partial charge < -0.3 is 68.9 Å². The molecule has 45 heavy (non-hydrogen) atoms. The number of rotatable bonds is 11. The van der Waals surface area contributed by atoms with E-state index in [1.165, 1.54) is 46.5 Å². The van der Waals surface area contributed by atoms with E-state index in [1.807, 2.05) is 0 Å². The molecule has 4 rings (SSSR count). The van der Waals surface area contributed by atoms with E-state index in [1.54, 1.807) is 18.2 Å². The van der Waals surface area contributed by atoms with Crippen LogP contribution in [0, 0.1) is 0 Å². The zero-order valence-electron chi connectivity index (χ0n) is 24.9. The number of hydrogen-bond donors (Lipinski definition) is 7. The molecule has 248 valence electrons. The summed E-state index contributed by atoms with van der Waals surface area (Å²) in [6.07, 6.45) is -12.2. The van der Waals surface area contributed by atoms with Crippen LogP contribution in [0.2, 0.25) is 0 Å². The molecule has 0 aliphatic carbocycles. The molecule has 2 saturated heterocycles. The van der Waals surface area contributed by atoms with Gasteiger partial charge in [0.05, 0.1) is 34.0 Å². The summed E-state index contributed by atoms with van der Waals surface area (Å²) in [5.74, 6) is -0.341. The highest BCUT2D eigenvalue weighted by Gasteiger charge is 2.47. The minimum atomic E-state index is -1.76. The van der Waals surface area contributed by atoms with E-state index in [2.05, 4.69) is 0 Å². The highest BCUT2D eigenvalue weighted by Crippen LogP contribution is 2.36. The van der Waals surface area contributed by atoms with Crippen molar-refractivity contribution in [2.75, 3.05) is 27.9 Å². The number of phenols is 1. The van der Waals surface area contributed by atoms with E-state index in [0.717, 1.165) is 6.07 Å². The fourth-order valence-corrected chi connectivity index (χ4v) is 4.89. The van der Waals surface area contributed by atoms with Gasteiger partial charge >= 0.3 is 0 Å². The molecule has 2 fully saturated rings. The summed E-state index contributed by atoms with van der Waals surface area (Å²) in [6, 6.07) is 7.38. The molecule has 0 bridgehead atoms. The van der Waals surface area contributed by atoms with E-state index in [9.17, 15) is 40.5 Å². The zero-order chi connectivity index (χ0) is 33.0. The maximum Gasteiger partial charge on any atom is 0.229 e. The van der Waals surface area contributed by atoms with Crippen LogP contribution in [0.5, 0.6) is 28.7 Å². The van der Waals surface area contributed by atoms with Crippen LogP contribution in [-0.4, -0.2) is 131 Å². The zero-order valence-corrected chi connectivity index (χ0v) is 24.9. The SMILES string of the molecule is COc1ccc(C=CC(=O)c2c(O)cc(OC3OC(COC4OC(C)C(O)C(O)C4O)C(O)C(O)C3O)cc2OC)cc1OC. The quantitative estimate of drug-likeness (QED) is 0.120. The van der Waals surface area contributed by atoms with Crippen LogP contribution >= 0.6 is 0 Å². The molecule has 10 unspecified atom stereocenters. The van der Waals surface area contributed by atoms with E-state index in [-0.39, 0.29) is 17.1 Å². The molecule has 2 aliphatic rings. The first-order valence-electron chi connectivity index (χ1n) is 13.9. The number of carbonyl (C=O) groups excluding carboxylic acids is 1. The summed E-state index contributed by atoms with van der Waals surface area (Å²) >= 11 is 0. The van der Waals surface area contributed by atoms with E-state index >= 15 is 0 Å². The van der Waals surface area contributed by atoms with Gasteiger partial charge in [-0.25, -0.2) is 0 Å². The van der Waals surface area contributed by atoms with Crippen molar-refractivity contribution in [3.8, 4) is 28.7 Å². The molecule has 10 atom stereocenters. The number of allylic oxidation sites excluding steroid dienone is 1. The van der Waals surface area contributed by atoms with Gasteiger partial charge in [0.2, 0.25) is 6.29 Å². The summed E-state index contributed by atoms with van der Waals surface area (Å²) < 4.78 is 37.9. The molecule has 0 radical (unpaired) electrons. The molecule has 2 aromatic rings. The van der Waals surface area contributed by atoms with Crippen molar-refractivity contribution in [3.63, 3.8) is 0 Å². The van der Waals surface area contributed by atoms with Crippen molar-refractivity contribution in [3.05, 3.63) is 47.5 Å². The average molecular weight is 639 g/mol. The van der Waals surface area contributed by atoms with Gasteiger partial charge in [-0.3, -0.25) is 4.79 Å². The second kappa shape index (κ2) is 14.7. The van der Waals surface area contributed by atoms with Gasteiger partial charge in [-0.1, -0.05) is 12.1 Å². The highest BCUT2D eigenvalue weighted by atomic mass is 16.7. The minimum absolute atomic E-state index is 0.0731. The lowest BCUT2D eigenvalue weighted by Gasteiger charge is -2.42. The molecule has 15 nitrogen and oxygen atoms in total. The smallest absolute Gasteiger partial charge is 0.229 e. The van der Waals surface area contributed by atoms with Crippen molar-refractivity contribution in [1.29, 1.82) is 0 Å². The summed E-state index contributed by atoms with van der Waals surface area (Å²) in [4.78, 5) is 13.0. The maximum absolute atomic E-state index is 13.0. The fraction of sp³-hybridized carbons (Fsp3) is 0.500. The lowest BCUT2D eigenvalue weighted by Crippen LogP contribution is -2.61. The predicted octanol–water partition coefficient (Wildman–Crippen LogP) is -0.655. The number of ether oxygens (including phenoxy) is 7. The third-order valence-corrected chi connectivity index (χ3v) is 7.51. The Morgan fingerprint density at radius 3 is 2.09 bits per heavy atom. The minimum Gasteiger partial charge on any atom is -0.507 e. The molecule has 7 N–H and O–H groups in total. The van der Waals surface area contributed by atoms with E-state index in [0.29, 0.717) is 17.1 Å². The number of aromatic hydroxyl groups is 1. The van der Waals surface area contributed by atoms with Crippen LogP contribution in [0.1, 0.15) is 22.8 Å². The highest BCUT2D eigenvalue weighted by molar-refractivity contribution is 6.10. The lowest BCUT2D eigenvalue weighted by atomic mass is 9.98. The average Bonchev–Trinajstić information content (AvgIpc) is 3.03. The molecule has 2 aliphatic heterocycles. The predicted molar refractivity (Wildman–Crippen MR) is 153 cm³/mol. The van der Waals surface area contributed by atoms with Crippen LogP contribution in [-0.2, 0) is 14.2 Å². The Morgan fingerprint density at radius 2 is 1.42 bits per heavy atom. The number of hydrogen-bond acceptors (Lipinski definition) is 15. The summed E-state index contributed by atoms with van der Waals surface area (Å²) in [6.45, 7) is 0.972. The van der Waals surface area contributed by atoms with Crippen LogP contribution in [0.15, 0.2) is 36.4 Å². The van der Waals surface area contributed by atoms with Gasteiger partial charge in [-0.15, -0.1) is 0 Å². The third-order valence-electron chi connectivity index (χ3n) is 7.51. The summed E-state index contributed by atoms with van der Waals surface area (Å²) in [7, 11) is 4.25. The number of phenolic OH excluding ortho intramolecular Hbond substituents is 1. The second-order valence-corrected chi connectivity index (χ2v) is 10.5. The number of aliphatic hydroxyl groups is 6. The largest absolute Gasteiger partial charge is 0.507 e. The number of benzene rings is 2. The molecule has 0 saturated carbocycles. The first-order chi connectivity index (χ1) is 21.4. The van der Waals surface area contributed by atoms with Crippen LogP contribution < -0.4 is 18.9 Å². The first kappa shape index (κ1) is 34.4. The number of aliphatic hydroxyl groups excluding tert-OH is 6. The molecule has 0 spiro atoms. The Bertz CT molecular complexity index is 1350. The van der Waals surface area contributed by atoms with Crippen LogP contribution in [0.3, 0.4) is 0 Å². The molecule has 15 heteroatoms. The molecule has 0 aromatic heterocycles. The summed E-state index contributed by atoms with van der Waals surface area (Å²) in [5.41, 5.74) is 0.441. The Labute approximate surface area is 258 Å². The van der Waals surface area contributed by atoms with Gasteiger partial charge in [0.1, 0.15) is 65.5 Å². The topological polar surface area (TPSA) is 223 Å². The van der Waals surface area contributed by atoms with Crippen molar-refractivity contribution in [1.82, 2.24) is 0 Å². The number of ketones is 1. The third kappa shape index (κ3) is 7.49. The molecular formula is C30H38O15.